The fraction of sp³-hybridized carbons (Fsp3) is 0.333. The van der Waals surface area contributed by atoms with Gasteiger partial charge in [-0.05, 0) is 19.1 Å². The van der Waals surface area contributed by atoms with Crippen LogP contribution in [0.15, 0.2) is 12.1 Å². The molecule has 12 heavy (non-hydrogen) atoms. The van der Waals surface area contributed by atoms with Crippen molar-refractivity contribution in [1.82, 2.24) is 0 Å². The van der Waals surface area contributed by atoms with Gasteiger partial charge in [0, 0.05) is 5.56 Å². The summed E-state index contributed by atoms with van der Waals surface area (Å²) in [4.78, 5) is 0. The van der Waals surface area contributed by atoms with E-state index in [0.29, 0.717) is 0 Å². The highest BCUT2D eigenvalue weighted by Crippen LogP contribution is 2.24. The number of benzene rings is 1. The Hall–Kier alpha value is -0.648. The quantitative estimate of drug-likeness (QED) is 0.624. The van der Waals surface area contributed by atoms with Gasteiger partial charge in [-0.15, -0.1) is 4.43 Å². The molecule has 0 aliphatic carbocycles. The monoisotopic (exact) mass is 178 g/mol. The molecule has 0 heterocycles. The van der Waals surface area contributed by atoms with Crippen LogP contribution in [0.3, 0.4) is 0 Å². The van der Waals surface area contributed by atoms with Gasteiger partial charge in [0.1, 0.15) is 11.5 Å². The van der Waals surface area contributed by atoms with Crippen molar-refractivity contribution in [2.24, 2.45) is 0 Å². The molecule has 1 aromatic carbocycles. The van der Waals surface area contributed by atoms with Gasteiger partial charge in [0.2, 0.25) is 0 Å². The highest BCUT2D eigenvalue weighted by Gasteiger charge is 2.04. The maximum absolute atomic E-state index is 5.17. The van der Waals surface area contributed by atoms with Crippen molar-refractivity contribution in [2.75, 3.05) is 14.2 Å². The molecular weight excluding hydrogens is 167 g/mol. The smallest absolute Gasteiger partial charge is 0.175 e. The van der Waals surface area contributed by atoms with Crippen LogP contribution in [0.1, 0.15) is 5.56 Å². The molecule has 3 heteroatoms. The van der Waals surface area contributed by atoms with Crippen LogP contribution in [-0.2, 0) is 0 Å². The Balaban J connectivity index is 3.22. The number of ether oxygens (including phenoxy) is 2. The third kappa shape index (κ3) is 1.74. The summed E-state index contributed by atoms with van der Waals surface area (Å²) in [7, 11) is 3.32. The first-order valence-corrected chi connectivity index (χ1v) is 4.25. The lowest BCUT2D eigenvalue weighted by atomic mass is 10.2. The van der Waals surface area contributed by atoms with Crippen molar-refractivity contribution >= 4 is 20.7 Å². The topological polar surface area (TPSA) is 18.5 Å². The predicted molar refractivity (Wildman–Crippen MR) is 49.7 cm³/mol. The van der Waals surface area contributed by atoms with Gasteiger partial charge < -0.3 is 9.47 Å². The zero-order chi connectivity index (χ0) is 9.14. The summed E-state index contributed by atoms with van der Waals surface area (Å²) >= 11 is 2.62. The molecule has 0 aliphatic heterocycles. The molecule has 0 N–H and O–H groups in total. The van der Waals surface area contributed by atoms with E-state index in [1.165, 1.54) is 0 Å². The van der Waals surface area contributed by atoms with Crippen molar-refractivity contribution in [3.63, 3.8) is 0 Å². The second-order valence-corrected chi connectivity index (χ2v) is 3.22. The van der Waals surface area contributed by atoms with E-state index < -0.39 is 0 Å². The number of hydrogen-bond acceptors (Lipinski definition) is 2. The predicted octanol–water partition coefficient (Wildman–Crippen LogP) is 0.806. The molecule has 1 rings (SSSR count). The second kappa shape index (κ2) is 3.84. The zero-order valence-electron chi connectivity index (χ0n) is 7.55. The van der Waals surface area contributed by atoms with Gasteiger partial charge in [0.05, 0.1) is 14.2 Å². The molecule has 0 amide bonds. The Morgan fingerprint density at radius 3 is 1.83 bits per heavy atom. The van der Waals surface area contributed by atoms with Crippen molar-refractivity contribution < 1.29 is 9.47 Å². The molecule has 0 saturated heterocycles. The van der Waals surface area contributed by atoms with Crippen molar-refractivity contribution in [3.05, 3.63) is 17.7 Å². The minimum Gasteiger partial charge on any atom is -0.496 e. The van der Waals surface area contributed by atoms with Gasteiger partial charge >= 0.3 is 0 Å². The Kier molecular flexibility index (Phi) is 3.02. The lowest BCUT2D eigenvalue weighted by Crippen LogP contribution is -2.05. The SMILES string of the molecule is COc1c[c]([Al])cc(OC)c1C. The average molecular weight is 178 g/mol. The molecule has 2 nitrogen and oxygen atoms in total. The summed E-state index contributed by atoms with van der Waals surface area (Å²) in [6.45, 7) is 1.97. The van der Waals surface area contributed by atoms with Crippen LogP contribution in [0, 0.1) is 6.92 Å². The Morgan fingerprint density at radius 2 is 1.50 bits per heavy atom. The molecular formula is C9H11AlO2. The molecule has 0 spiro atoms. The standard InChI is InChI=1S/C9H11O2.Al/c1-7-8(10-2)5-4-6-9(7)11-3;/h5-6H,1-3H3;. The fourth-order valence-corrected chi connectivity index (χ4v) is 1.41. The molecule has 0 aromatic heterocycles. The lowest BCUT2D eigenvalue weighted by molar-refractivity contribution is 0.389. The summed E-state index contributed by atoms with van der Waals surface area (Å²) in [5, 5.41) is 0. The van der Waals surface area contributed by atoms with Crippen LogP contribution in [0.5, 0.6) is 11.5 Å². The highest BCUT2D eigenvalue weighted by molar-refractivity contribution is 6.32. The van der Waals surface area contributed by atoms with Gasteiger partial charge in [-0.2, -0.15) is 0 Å². The van der Waals surface area contributed by atoms with Crippen molar-refractivity contribution in [2.45, 2.75) is 6.92 Å². The summed E-state index contributed by atoms with van der Waals surface area (Å²) < 4.78 is 11.4. The maximum Gasteiger partial charge on any atom is 0.175 e. The number of hydrogen-bond donors (Lipinski definition) is 0. The van der Waals surface area contributed by atoms with Gasteiger partial charge in [0.15, 0.2) is 16.3 Å². The van der Waals surface area contributed by atoms with E-state index in [2.05, 4.69) is 16.3 Å². The van der Waals surface area contributed by atoms with Crippen LogP contribution < -0.4 is 13.9 Å². The average Bonchev–Trinajstić information content (AvgIpc) is 2.08. The third-order valence-corrected chi connectivity index (χ3v) is 2.11. The first kappa shape index (κ1) is 9.44. The van der Waals surface area contributed by atoms with E-state index >= 15 is 0 Å². The summed E-state index contributed by atoms with van der Waals surface area (Å²) in [6, 6.07) is 3.92. The van der Waals surface area contributed by atoms with E-state index in [0.717, 1.165) is 21.5 Å². The summed E-state index contributed by atoms with van der Waals surface area (Å²) in [5.74, 6) is 1.72. The van der Waals surface area contributed by atoms with E-state index in [1.54, 1.807) is 14.2 Å². The normalized spacial score (nSPS) is 9.58. The second-order valence-electron chi connectivity index (χ2n) is 2.55. The highest BCUT2D eigenvalue weighted by atomic mass is 27.0. The number of methoxy groups -OCH3 is 2. The molecule has 1 aromatic rings. The molecule has 0 bridgehead atoms. The zero-order valence-corrected chi connectivity index (χ0v) is 8.70. The molecule has 62 valence electrons. The van der Waals surface area contributed by atoms with E-state index in [-0.39, 0.29) is 0 Å². The van der Waals surface area contributed by atoms with Crippen LogP contribution in [0.2, 0.25) is 0 Å². The summed E-state index contributed by atoms with van der Waals surface area (Å²) in [5.41, 5.74) is 1.03. The van der Waals surface area contributed by atoms with E-state index in [1.807, 2.05) is 19.1 Å². The van der Waals surface area contributed by atoms with Gasteiger partial charge in [-0.1, -0.05) is 0 Å². The van der Waals surface area contributed by atoms with Crippen LogP contribution in [0.4, 0.5) is 0 Å². The molecule has 0 aliphatic rings. The van der Waals surface area contributed by atoms with Crippen LogP contribution in [0.25, 0.3) is 0 Å². The number of rotatable bonds is 2. The van der Waals surface area contributed by atoms with E-state index in [4.69, 9.17) is 9.47 Å². The molecule has 2 radical (unpaired) electrons. The first-order valence-electron chi connectivity index (χ1n) is 3.67. The molecule has 0 unspecified atom stereocenters. The van der Waals surface area contributed by atoms with Gasteiger partial charge in [-0.3, -0.25) is 0 Å². The van der Waals surface area contributed by atoms with Crippen molar-refractivity contribution in [3.8, 4) is 11.5 Å². The van der Waals surface area contributed by atoms with Crippen LogP contribution >= 0.6 is 0 Å². The minimum absolute atomic E-state index is 0.861. The fourth-order valence-electron chi connectivity index (χ4n) is 1.11. The Morgan fingerprint density at radius 1 is 1.08 bits per heavy atom. The Bertz CT molecular complexity index is 259. The summed E-state index contributed by atoms with van der Waals surface area (Å²) in [6.07, 6.45) is 0. The maximum atomic E-state index is 5.17. The van der Waals surface area contributed by atoms with E-state index in [9.17, 15) is 0 Å². The minimum atomic E-state index is 0.861. The van der Waals surface area contributed by atoms with Gasteiger partial charge in [0.25, 0.3) is 0 Å². The first-order chi connectivity index (χ1) is 5.69. The Labute approximate surface area is 80.9 Å². The molecule has 0 fully saturated rings. The largest absolute Gasteiger partial charge is 0.496 e. The third-order valence-electron chi connectivity index (χ3n) is 1.77. The molecule has 0 saturated carbocycles. The van der Waals surface area contributed by atoms with Crippen molar-refractivity contribution in [1.29, 1.82) is 0 Å². The molecule has 0 atom stereocenters. The van der Waals surface area contributed by atoms with Gasteiger partial charge in [-0.25, -0.2) is 0 Å². The lowest BCUT2D eigenvalue weighted by Gasteiger charge is -2.10. The van der Waals surface area contributed by atoms with Crippen LogP contribution in [-0.4, -0.2) is 30.5 Å².